The molecule has 19 heavy (non-hydrogen) atoms. The minimum absolute atomic E-state index is 0.118. The molecule has 0 aromatic carbocycles. The van der Waals surface area contributed by atoms with Gasteiger partial charge in [0, 0.05) is 22.0 Å². The van der Waals surface area contributed by atoms with Gasteiger partial charge in [-0.05, 0) is 35.2 Å². The van der Waals surface area contributed by atoms with Gasteiger partial charge in [-0.25, -0.2) is 4.98 Å². The number of hydrogen-bond donors (Lipinski definition) is 2. The van der Waals surface area contributed by atoms with Gasteiger partial charge in [0.05, 0.1) is 12.2 Å². The number of hydrogen-bond acceptors (Lipinski definition) is 4. The number of pyridine rings is 1. The highest BCUT2D eigenvalue weighted by molar-refractivity contribution is 9.10. The quantitative estimate of drug-likeness (QED) is 0.846. The molecule has 0 saturated heterocycles. The van der Waals surface area contributed by atoms with Crippen molar-refractivity contribution in [3.8, 4) is 0 Å². The molecule has 0 amide bonds. The molecule has 1 aromatic rings. The smallest absolute Gasteiger partial charge is 0.395 e. The van der Waals surface area contributed by atoms with Crippen molar-refractivity contribution in [3.63, 3.8) is 0 Å². The molecule has 2 unspecified atom stereocenters. The molecule has 0 radical (unpaired) electrons. The summed E-state index contributed by atoms with van der Waals surface area (Å²) in [7, 11) is 0. The lowest BCUT2D eigenvalue weighted by Gasteiger charge is -2.23. The third kappa shape index (κ3) is 4.54. The average molecular weight is 359 g/mol. The SMILES string of the molecule is CSC(CO)C(C)Nc1ncc(Br)cc1C(F)(F)F. The molecule has 8 heteroatoms. The fourth-order valence-electron chi connectivity index (χ4n) is 1.52. The zero-order valence-electron chi connectivity index (χ0n) is 10.3. The van der Waals surface area contributed by atoms with E-state index >= 15 is 0 Å². The van der Waals surface area contributed by atoms with Crippen LogP contribution in [0.15, 0.2) is 16.7 Å². The summed E-state index contributed by atoms with van der Waals surface area (Å²) in [6.45, 7) is 1.59. The summed E-state index contributed by atoms with van der Waals surface area (Å²) >= 11 is 4.36. The van der Waals surface area contributed by atoms with Crippen LogP contribution in [-0.2, 0) is 6.18 Å². The van der Waals surface area contributed by atoms with E-state index in [4.69, 9.17) is 5.11 Å². The Morgan fingerprint density at radius 2 is 2.16 bits per heavy atom. The van der Waals surface area contributed by atoms with Crippen molar-refractivity contribution < 1.29 is 18.3 Å². The summed E-state index contributed by atoms with van der Waals surface area (Å²) in [6, 6.07) is 0.643. The predicted octanol–water partition coefficient (Wildman–Crippen LogP) is 3.39. The summed E-state index contributed by atoms with van der Waals surface area (Å²) in [6.07, 6.45) is -1.39. The van der Waals surface area contributed by atoms with Gasteiger partial charge in [-0.1, -0.05) is 0 Å². The number of thioether (sulfide) groups is 1. The van der Waals surface area contributed by atoms with E-state index < -0.39 is 11.7 Å². The fraction of sp³-hybridized carbons (Fsp3) is 0.545. The number of alkyl halides is 3. The van der Waals surface area contributed by atoms with Crippen LogP contribution in [0.1, 0.15) is 12.5 Å². The van der Waals surface area contributed by atoms with Crippen LogP contribution in [0, 0.1) is 0 Å². The van der Waals surface area contributed by atoms with Crippen LogP contribution in [0.5, 0.6) is 0 Å². The predicted molar refractivity (Wildman–Crippen MR) is 74.4 cm³/mol. The van der Waals surface area contributed by atoms with E-state index in [9.17, 15) is 13.2 Å². The van der Waals surface area contributed by atoms with Gasteiger partial charge in [0.1, 0.15) is 5.82 Å². The van der Waals surface area contributed by atoms with Crippen molar-refractivity contribution in [1.82, 2.24) is 4.98 Å². The van der Waals surface area contributed by atoms with Crippen LogP contribution < -0.4 is 5.32 Å². The first-order valence-corrected chi connectivity index (χ1v) is 7.50. The Bertz CT molecular complexity index is 427. The first kappa shape index (κ1) is 16.6. The Labute approximate surface area is 122 Å². The Morgan fingerprint density at radius 1 is 1.53 bits per heavy atom. The Balaban J connectivity index is 3.01. The number of halogens is 4. The van der Waals surface area contributed by atoms with Crippen molar-refractivity contribution in [2.24, 2.45) is 0 Å². The zero-order chi connectivity index (χ0) is 14.6. The summed E-state index contributed by atoms with van der Waals surface area (Å²) in [5, 5.41) is 11.6. The van der Waals surface area contributed by atoms with Crippen LogP contribution in [0.3, 0.4) is 0 Å². The van der Waals surface area contributed by atoms with Gasteiger partial charge in [0.15, 0.2) is 0 Å². The summed E-state index contributed by atoms with van der Waals surface area (Å²) in [5.41, 5.74) is -0.827. The van der Waals surface area contributed by atoms with E-state index in [-0.39, 0.29) is 28.2 Å². The van der Waals surface area contributed by atoms with Crippen molar-refractivity contribution in [1.29, 1.82) is 0 Å². The van der Waals surface area contributed by atoms with E-state index in [0.717, 1.165) is 6.07 Å². The second kappa shape index (κ2) is 6.81. The highest BCUT2D eigenvalue weighted by Crippen LogP contribution is 2.35. The second-order valence-corrected chi connectivity index (χ2v) is 5.93. The molecule has 0 aliphatic heterocycles. The standard InChI is InChI=1S/C11H14BrF3N2OS/c1-6(9(5-18)19-2)17-10-8(11(13,14)15)3-7(12)4-16-10/h3-4,6,9,18H,5H2,1-2H3,(H,16,17). The van der Waals surface area contributed by atoms with Crippen LogP contribution in [0.2, 0.25) is 0 Å². The van der Waals surface area contributed by atoms with Gasteiger partial charge in [-0.3, -0.25) is 0 Å². The van der Waals surface area contributed by atoms with Crippen molar-refractivity contribution in [2.75, 3.05) is 18.2 Å². The van der Waals surface area contributed by atoms with Crippen LogP contribution in [-0.4, -0.2) is 34.2 Å². The van der Waals surface area contributed by atoms with Crippen LogP contribution >= 0.6 is 27.7 Å². The van der Waals surface area contributed by atoms with E-state index in [1.165, 1.54) is 18.0 Å². The zero-order valence-corrected chi connectivity index (χ0v) is 12.7. The van der Waals surface area contributed by atoms with Crippen LogP contribution in [0.25, 0.3) is 0 Å². The fourth-order valence-corrected chi connectivity index (χ4v) is 2.47. The number of anilines is 1. The molecule has 3 nitrogen and oxygen atoms in total. The number of nitrogens with one attached hydrogen (secondary N) is 1. The molecule has 1 rings (SSSR count). The molecule has 0 fully saturated rings. The van der Waals surface area contributed by atoms with Gasteiger partial charge in [-0.15, -0.1) is 0 Å². The largest absolute Gasteiger partial charge is 0.419 e. The molecule has 0 aliphatic carbocycles. The number of aromatic nitrogens is 1. The Kier molecular flexibility index (Phi) is 5.94. The third-order valence-corrected chi connectivity index (χ3v) is 4.16. The maximum absolute atomic E-state index is 12.9. The molecule has 2 N–H and O–H groups in total. The lowest BCUT2D eigenvalue weighted by Crippen LogP contribution is -2.32. The molecule has 0 aliphatic rings. The molecule has 1 aromatic heterocycles. The van der Waals surface area contributed by atoms with Crippen LogP contribution in [0.4, 0.5) is 19.0 Å². The minimum Gasteiger partial charge on any atom is -0.395 e. The first-order chi connectivity index (χ1) is 8.79. The monoisotopic (exact) mass is 358 g/mol. The topological polar surface area (TPSA) is 45.1 Å². The third-order valence-electron chi connectivity index (χ3n) is 2.56. The Morgan fingerprint density at radius 3 is 2.63 bits per heavy atom. The molecular formula is C11H14BrF3N2OS. The maximum Gasteiger partial charge on any atom is 0.419 e. The summed E-state index contributed by atoms with van der Waals surface area (Å²) in [4.78, 5) is 3.77. The molecule has 108 valence electrons. The van der Waals surface area contributed by atoms with Gasteiger partial charge in [0.25, 0.3) is 0 Å². The number of rotatable bonds is 5. The van der Waals surface area contributed by atoms with Gasteiger partial charge in [0.2, 0.25) is 0 Å². The highest BCUT2D eigenvalue weighted by Gasteiger charge is 2.35. The Hall–Kier alpha value is -0.470. The lowest BCUT2D eigenvalue weighted by atomic mass is 10.2. The first-order valence-electron chi connectivity index (χ1n) is 5.42. The molecular weight excluding hydrogens is 345 g/mol. The highest BCUT2D eigenvalue weighted by atomic mass is 79.9. The normalized spacial score (nSPS) is 15.1. The van der Waals surface area contributed by atoms with E-state index in [1.807, 2.05) is 0 Å². The minimum atomic E-state index is -4.48. The van der Waals surface area contributed by atoms with Gasteiger partial charge in [-0.2, -0.15) is 24.9 Å². The summed E-state index contributed by atoms with van der Waals surface area (Å²) in [5.74, 6) is -0.226. The molecule has 0 bridgehead atoms. The molecule has 0 spiro atoms. The van der Waals surface area contributed by atoms with Crippen molar-refractivity contribution in [3.05, 3.63) is 22.3 Å². The molecule has 1 heterocycles. The number of aliphatic hydroxyl groups is 1. The summed E-state index contributed by atoms with van der Waals surface area (Å²) < 4.78 is 38.9. The number of aliphatic hydroxyl groups excluding tert-OH is 1. The van der Waals surface area contributed by atoms with Gasteiger partial charge >= 0.3 is 6.18 Å². The second-order valence-electron chi connectivity index (χ2n) is 3.94. The number of nitrogens with zero attached hydrogens (tertiary/aromatic N) is 1. The van der Waals surface area contributed by atoms with Crippen molar-refractivity contribution in [2.45, 2.75) is 24.4 Å². The maximum atomic E-state index is 12.9. The van der Waals surface area contributed by atoms with E-state index in [0.29, 0.717) is 0 Å². The van der Waals surface area contributed by atoms with E-state index in [1.54, 1.807) is 13.2 Å². The van der Waals surface area contributed by atoms with Gasteiger partial charge < -0.3 is 10.4 Å². The lowest BCUT2D eigenvalue weighted by molar-refractivity contribution is -0.137. The van der Waals surface area contributed by atoms with Crippen molar-refractivity contribution >= 4 is 33.5 Å². The molecule has 2 atom stereocenters. The average Bonchev–Trinajstić information content (AvgIpc) is 2.31. The molecule has 0 saturated carbocycles. The van der Waals surface area contributed by atoms with E-state index in [2.05, 4.69) is 26.2 Å².